The summed E-state index contributed by atoms with van der Waals surface area (Å²) < 4.78 is 5.33. The Morgan fingerprint density at radius 2 is 1.92 bits per heavy atom. The Morgan fingerprint density at radius 3 is 2.15 bits per heavy atom. The molecule has 0 spiro atoms. The normalized spacial score (nSPS) is 18.3. The van der Waals surface area contributed by atoms with Crippen LogP contribution in [0.2, 0.25) is 0 Å². The van der Waals surface area contributed by atoms with Crippen molar-refractivity contribution in [3.05, 3.63) is 12.7 Å². The molecule has 78 valence electrons. The van der Waals surface area contributed by atoms with Crippen LogP contribution >= 0.6 is 0 Å². The Labute approximate surface area is 82.2 Å². The first kappa shape index (κ1) is 12.7. The molecular formula is C11H23NO. The molecular weight excluding hydrogens is 162 g/mol. The SMILES string of the molecule is C=C[C@H](C(CN)OC)C(C)C(C)C. The lowest BCUT2D eigenvalue weighted by molar-refractivity contribution is 0.0476. The van der Waals surface area contributed by atoms with Gasteiger partial charge in [0.2, 0.25) is 0 Å². The molecule has 0 saturated heterocycles. The lowest BCUT2D eigenvalue weighted by Gasteiger charge is -2.30. The minimum absolute atomic E-state index is 0.106. The van der Waals surface area contributed by atoms with E-state index in [4.69, 9.17) is 10.5 Å². The van der Waals surface area contributed by atoms with Crippen molar-refractivity contribution in [2.24, 2.45) is 23.5 Å². The van der Waals surface area contributed by atoms with E-state index in [1.807, 2.05) is 6.08 Å². The summed E-state index contributed by atoms with van der Waals surface area (Å²) in [6, 6.07) is 0. The molecule has 0 radical (unpaired) electrons. The lowest BCUT2D eigenvalue weighted by Crippen LogP contribution is -2.35. The van der Waals surface area contributed by atoms with E-state index in [-0.39, 0.29) is 6.10 Å². The molecule has 13 heavy (non-hydrogen) atoms. The Kier molecular flexibility index (Phi) is 6.00. The highest BCUT2D eigenvalue weighted by molar-refractivity contribution is 4.90. The van der Waals surface area contributed by atoms with Crippen LogP contribution < -0.4 is 5.73 Å². The fourth-order valence-electron chi connectivity index (χ4n) is 1.56. The van der Waals surface area contributed by atoms with Gasteiger partial charge in [0.25, 0.3) is 0 Å². The lowest BCUT2D eigenvalue weighted by atomic mass is 9.81. The van der Waals surface area contributed by atoms with E-state index in [0.29, 0.717) is 24.3 Å². The molecule has 0 heterocycles. The summed E-state index contributed by atoms with van der Waals surface area (Å²) in [5.74, 6) is 1.55. The number of hydrogen-bond donors (Lipinski definition) is 1. The summed E-state index contributed by atoms with van der Waals surface area (Å²) in [7, 11) is 1.71. The van der Waals surface area contributed by atoms with Crippen molar-refractivity contribution in [3.8, 4) is 0 Å². The molecule has 3 atom stereocenters. The van der Waals surface area contributed by atoms with Gasteiger partial charge < -0.3 is 10.5 Å². The van der Waals surface area contributed by atoms with Crippen molar-refractivity contribution in [2.45, 2.75) is 26.9 Å². The van der Waals surface area contributed by atoms with Crippen molar-refractivity contribution in [3.63, 3.8) is 0 Å². The maximum Gasteiger partial charge on any atom is 0.0758 e. The van der Waals surface area contributed by atoms with Crippen molar-refractivity contribution < 1.29 is 4.74 Å². The van der Waals surface area contributed by atoms with Gasteiger partial charge in [-0.3, -0.25) is 0 Å². The van der Waals surface area contributed by atoms with Crippen LogP contribution in [0.3, 0.4) is 0 Å². The quantitative estimate of drug-likeness (QED) is 0.643. The van der Waals surface area contributed by atoms with E-state index in [1.54, 1.807) is 7.11 Å². The van der Waals surface area contributed by atoms with Gasteiger partial charge in [-0.15, -0.1) is 6.58 Å². The molecule has 0 aromatic heterocycles. The van der Waals surface area contributed by atoms with E-state index >= 15 is 0 Å². The zero-order valence-electron chi connectivity index (χ0n) is 9.29. The molecule has 0 aliphatic heterocycles. The summed E-state index contributed by atoms with van der Waals surface area (Å²) >= 11 is 0. The first-order chi connectivity index (χ1) is 6.08. The van der Waals surface area contributed by atoms with Crippen molar-refractivity contribution in [2.75, 3.05) is 13.7 Å². The topological polar surface area (TPSA) is 35.2 Å². The van der Waals surface area contributed by atoms with Crippen molar-refractivity contribution in [1.29, 1.82) is 0 Å². The standard InChI is InChI=1S/C11H23NO/c1-6-10(9(4)8(2)3)11(7-12)13-5/h6,8-11H,1,7,12H2,2-5H3/t9?,10-,11?/m0/s1. The minimum Gasteiger partial charge on any atom is -0.380 e. The highest BCUT2D eigenvalue weighted by Gasteiger charge is 2.24. The summed E-state index contributed by atoms with van der Waals surface area (Å²) in [6.45, 7) is 11.1. The fourth-order valence-corrected chi connectivity index (χ4v) is 1.56. The monoisotopic (exact) mass is 185 g/mol. The minimum atomic E-state index is 0.106. The van der Waals surface area contributed by atoms with Gasteiger partial charge in [0.1, 0.15) is 0 Å². The average Bonchev–Trinajstić information content (AvgIpc) is 2.12. The highest BCUT2D eigenvalue weighted by Crippen LogP contribution is 2.25. The average molecular weight is 185 g/mol. The zero-order valence-corrected chi connectivity index (χ0v) is 9.29. The van der Waals surface area contributed by atoms with Crippen LogP contribution in [0.1, 0.15) is 20.8 Å². The smallest absolute Gasteiger partial charge is 0.0758 e. The van der Waals surface area contributed by atoms with Crippen LogP contribution in [-0.2, 0) is 4.74 Å². The summed E-state index contributed by atoms with van der Waals surface area (Å²) in [4.78, 5) is 0. The van der Waals surface area contributed by atoms with Crippen molar-refractivity contribution in [1.82, 2.24) is 0 Å². The van der Waals surface area contributed by atoms with Gasteiger partial charge in [0, 0.05) is 19.6 Å². The van der Waals surface area contributed by atoms with Gasteiger partial charge in [-0.05, 0) is 11.8 Å². The third-order valence-electron chi connectivity index (χ3n) is 2.90. The second kappa shape index (κ2) is 6.17. The Bertz CT molecular complexity index is 139. The zero-order chi connectivity index (χ0) is 10.4. The molecule has 0 bridgehead atoms. The van der Waals surface area contributed by atoms with Crippen LogP contribution in [0.4, 0.5) is 0 Å². The Hall–Kier alpha value is -0.340. The van der Waals surface area contributed by atoms with Gasteiger partial charge >= 0.3 is 0 Å². The van der Waals surface area contributed by atoms with Gasteiger partial charge in [-0.1, -0.05) is 26.8 Å². The van der Waals surface area contributed by atoms with Gasteiger partial charge in [0.05, 0.1) is 6.10 Å². The van der Waals surface area contributed by atoms with Crippen LogP contribution in [-0.4, -0.2) is 19.8 Å². The molecule has 0 saturated carbocycles. The fraction of sp³-hybridized carbons (Fsp3) is 0.818. The molecule has 0 aliphatic rings. The number of rotatable bonds is 6. The van der Waals surface area contributed by atoms with E-state index in [0.717, 1.165) is 0 Å². The largest absolute Gasteiger partial charge is 0.380 e. The first-order valence-corrected chi connectivity index (χ1v) is 4.93. The third-order valence-corrected chi connectivity index (χ3v) is 2.90. The molecule has 0 rings (SSSR count). The second-order valence-corrected chi connectivity index (χ2v) is 3.93. The number of methoxy groups -OCH3 is 1. The van der Waals surface area contributed by atoms with E-state index in [2.05, 4.69) is 27.4 Å². The highest BCUT2D eigenvalue weighted by atomic mass is 16.5. The van der Waals surface area contributed by atoms with Crippen LogP contribution in [0.5, 0.6) is 0 Å². The molecule has 0 aliphatic carbocycles. The number of hydrogen-bond acceptors (Lipinski definition) is 2. The molecule has 2 nitrogen and oxygen atoms in total. The maximum atomic E-state index is 5.62. The number of nitrogens with two attached hydrogens (primary N) is 1. The third kappa shape index (κ3) is 3.49. The van der Waals surface area contributed by atoms with E-state index in [1.165, 1.54) is 0 Å². The molecule has 2 heteroatoms. The van der Waals surface area contributed by atoms with Crippen LogP contribution in [0, 0.1) is 17.8 Å². The second-order valence-electron chi connectivity index (χ2n) is 3.93. The molecule has 0 aromatic carbocycles. The Balaban J connectivity index is 4.37. The van der Waals surface area contributed by atoms with Crippen molar-refractivity contribution >= 4 is 0 Å². The van der Waals surface area contributed by atoms with Gasteiger partial charge in [-0.25, -0.2) is 0 Å². The first-order valence-electron chi connectivity index (χ1n) is 4.93. The van der Waals surface area contributed by atoms with Gasteiger partial charge in [0.15, 0.2) is 0 Å². The molecule has 0 fully saturated rings. The molecule has 0 aromatic rings. The number of ether oxygens (including phenoxy) is 1. The predicted octanol–water partition coefficient (Wildman–Crippen LogP) is 2.05. The van der Waals surface area contributed by atoms with E-state index < -0.39 is 0 Å². The van der Waals surface area contributed by atoms with Crippen LogP contribution in [0.25, 0.3) is 0 Å². The summed E-state index contributed by atoms with van der Waals surface area (Å²) in [6.07, 6.45) is 2.07. The summed E-state index contributed by atoms with van der Waals surface area (Å²) in [5, 5.41) is 0. The van der Waals surface area contributed by atoms with E-state index in [9.17, 15) is 0 Å². The Morgan fingerprint density at radius 1 is 1.38 bits per heavy atom. The maximum absolute atomic E-state index is 5.62. The summed E-state index contributed by atoms with van der Waals surface area (Å²) in [5.41, 5.74) is 5.62. The molecule has 0 amide bonds. The van der Waals surface area contributed by atoms with Gasteiger partial charge in [-0.2, -0.15) is 0 Å². The molecule has 2 N–H and O–H groups in total. The predicted molar refractivity (Wildman–Crippen MR) is 57.5 cm³/mol. The molecule has 2 unspecified atom stereocenters. The van der Waals surface area contributed by atoms with Crippen LogP contribution in [0.15, 0.2) is 12.7 Å².